The van der Waals surface area contributed by atoms with Crippen molar-refractivity contribution in [1.82, 2.24) is 5.16 Å². The molecule has 1 N–H and O–H groups in total. The molecule has 0 spiro atoms. The quantitative estimate of drug-likeness (QED) is 0.737. The highest BCUT2D eigenvalue weighted by Crippen LogP contribution is 2.35. The van der Waals surface area contributed by atoms with E-state index in [2.05, 4.69) is 9.88 Å². The average Bonchev–Trinajstić information content (AvgIpc) is 3.07. The Morgan fingerprint density at radius 3 is 2.61 bits per heavy atom. The topological polar surface area (TPSA) is 72.2 Å². The molecule has 3 aromatic rings. The number of anilines is 1. The molecule has 120 valence electrons. The standard InChI is InChI=1S/C15H13ClN2O3S2/c1-9-7-13(21-17-9)14-8-15(10(2)22-14)23(19,20)18-12-6-4-3-5-11(12)16/h3-8,18H,1-2H3. The molecule has 0 saturated carbocycles. The molecule has 0 fully saturated rings. The molecular formula is C15H13ClN2O3S2. The van der Waals surface area contributed by atoms with Gasteiger partial charge in [-0.25, -0.2) is 8.42 Å². The number of benzene rings is 1. The zero-order valence-electron chi connectivity index (χ0n) is 12.3. The third-order valence-corrected chi connectivity index (χ3v) is 6.17. The first kappa shape index (κ1) is 16.0. The molecule has 2 aromatic heterocycles. The zero-order chi connectivity index (χ0) is 16.6. The number of rotatable bonds is 4. The number of sulfonamides is 1. The lowest BCUT2D eigenvalue weighted by Crippen LogP contribution is -2.13. The number of nitrogens with zero attached hydrogens (tertiary/aromatic N) is 1. The maximum absolute atomic E-state index is 12.6. The van der Waals surface area contributed by atoms with Crippen LogP contribution in [-0.4, -0.2) is 13.6 Å². The van der Waals surface area contributed by atoms with Gasteiger partial charge in [0.2, 0.25) is 0 Å². The Morgan fingerprint density at radius 2 is 1.96 bits per heavy atom. The summed E-state index contributed by atoms with van der Waals surface area (Å²) < 4.78 is 32.9. The van der Waals surface area contributed by atoms with Crippen molar-refractivity contribution in [3.05, 3.63) is 52.0 Å². The van der Waals surface area contributed by atoms with Crippen molar-refractivity contribution in [3.8, 4) is 10.6 Å². The van der Waals surface area contributed by atoms with Crippen molar-refractivity contribution in [2.24, 2.45) is 0 Å². The van der Waals surface area contributed by atoms with Gasteiger partial charge >= 0.3 is 0 Å². The molecule has 2 heterocycles. The molecule has 0 bridgehead atoms. The van der Waals surface area contributed by atoms with Crippen molar-refractivity contribution < 1.29 is 12.9 Å². The van der Waals surface area contributed by atoms with Crippen LogP contribution in [0.1, 0.15) is 10.6 Å². The molecule has 0 amide bonds. The molecule has 3 rings (SSSR count). The second-order valence-electron chi connectivity index (χ2n) is 4.95. The minimum absolute atomic E-state index is 0.200. The van der Waals surface area contributed by atoms with Gasteiger partial charge in [0.1, 0.15) is 4.90 Å². The Labute approximate surface area is 142 Å². The lowest BCUT2D eigenvalue weighted by Gasteiger charge is -2.08. The van der Waals surface area contributed by atoms with Gasteiger partial charge in [0.15, 0.2) is 5.76 Å². The van der Waals surface area contributed by atoms with E-state index in [0.717, 1.165) is 5.69 Å². The Bertz CT molecular complexity index is 961. The Balaban J connectivity index is 1.97. The number of hydrogen-bond donors (Lipinski definition) is 1. The number of para-hydroxylation sites is 1. The number of hydrogen-bond acceptors (Lipinski definition) is 5. The van der Waals surface area contributed by atoms with E-state index in [-0.39, 0.29) is 4.90 Å². The van der Waals surface area contributed by atoms with Crippen LogP contribution < -0.4 is 4.72 Å². The molecule has 0 aliphatic heterocycles. The SMILES string of the molecule is Cc1cc(-c2cc(S(=O)(=O)Nc3ccccc3Cl)c(C)s2)on1. The van der Waals surface area contributed by atoms with Gasteiger partial charge in [-0.1, -0.05) is 28.9 Å². The molecule has 5 nitrogen and oxygen atoms in total. The fraction of sp³-hybridized carbons (Fsp3) is 0.133. The monoisotopic (exact) mass is 368 g/mol. The number of aryl methyl sites for hydroxylation is 2. The van der Waals surface area contributed by atoms with E-state index < -0.39 is 10.0 Å². The molecule has 0 atom stereocenters. The molecule has 8 heteroatoms. The van der Waals surface area contributed by atoms with Crippen LogP contribution in [-0.2, 0) is 10.0 Å². The third-order valence-electron chi connectivity index (χ3n) is 3.15. The van der Waals surface area contributed by atoms with Crippen molar-refractivity contribution in [2.45, 2.75) is 18.7 Å². The summed E-state index contributed by atoms with van der Waals surface area (Å²) in [5.41, 5.74) is 1.08. The fourth-order valence-corrected chi connectivity index (χ4v) is 4.94. The molecule has 23 heavy (non-hydrogen) atoms. The van der Waals surface area contributed by atoms with E-state index in [4.69, 9.17) is 16.1 Å². The summed E-state index contributed by atoms with van der Waals surface area (Å²) >= 11 is 7.35. The number of nitrogens with one attached hydrogen (secondary N) is 1. The van der Waals surface area contributed by atoms with Gasteiger partial charge in [-0.15, -0.1) is 11.3 Å². The second-order valence-corrected chi connectivity index (χ2v) is 8.26. The first-order chi connectivity index (χ1) is 10.9. The van der Waals surface area contributed by atoms with Gasteiger partial charge in [-0.3, -0.25) is 4.72 Å². The molecule has 0 aliphatic carbocycles. The molecule has 0 radical (unpaired) electrons. The Hall–Kier alpha value is -1.83. The first-order valence-corrected chi connectivity index (χ1v) is 9.36. The van der Waals surface area contributed by atoms with Crippen LogP contribution in [0, 0.1) is 13.8 Å². The predicted octanol–water partition coefficient (Wildman–Crippen LogP) is 4.47. The molecule has 0 unspecified atom stereocenters. The largest absolute Gasteiger partial charge is 0.355 e. The maximum atomic E-state index is 12.6. The summed E-state index contributed by atoms with van der Waals surface area (Å²) in [5, 5.41) is 4.17. The predicted molar refractivity (Wildman–Crippen MR) is 91.6 cm³/mol. The molecular weight excluding hydrogens is 356 g/mol. The molecule has 0 saturated heterocycles. The normalized spacial score (nSPS) is 11.6. The average molecular weight is 369 g/mol. The zero-order valence-corrected chi connectivity index (χ0v) is 14.7. The van der Waals surface area contributed by atoms with Crippen molar-refractivity contribution >= 4 is 38.6 Å². The van der Waals surface area contributed by atoms with Crippen LogP contribution in [0.3, 0.4) is 0 Å². The van der Waals surface area contributed by atoms with Gasteiger partial charge in [0.25, 0.3) is 10.0 Å². The fourth-order valence-electron chi connectivity index (χ4n) is 2.08. The summed E-state index contributed by atoms with van der Waals surface area (Å²) in [6, 6.07) is 10.0. The van der Waals surface area contributed by atoms with Crippen molar-refractivity contribution in [3.63, 3.8) is 0 Å². The third kappa shape index (κ3) is 3.26. The highest BCUT2D eigenvalue weighted by atomic mass is 35.5. The summed E-state index contributed by atoms with van der Waals surface area (Å²) in [4.78, 5) is 1.57. The summed E-state index contributed by atoms with van der Waals surface area (Å²) in [7, 11) is -3.73. The summed E-state index contributed by atoms with van der Waals surface area (Å²) in [6.07, 6.45) is 0. The van der Waals surface area contributed by atoms with E-state index in [9.17, 15) is 8.42 Å². The molecule has 0 aliphatic rings. The van der Waals surface area contributed by atoms with Crippen LogP contribution in [0.4, 0.5) is 5.69 Å². The highest BCUT2D eigenvalue weighted by molar-refractivity contribution is 7.93. The van der Waals surface area contributed by atoms with Gasteiger partial charge in [0, 0.05) is 10.9 Å². The van der Waals surface area contributed by atoms with E-state index in [1.54, 1.807) is 43.3 Å². The summed E-state index contributed by atoms with van der Waals surface area (Å²) in [5.74, 6) is 0.551. The number of aromatic nitrogens is 1. The smallest absolute Gasteiger partial charge is 0.263 e. The van der Waals surface area contributed by atoms with Gasteiger partial charge in [-0.2, -0.15) is 0 Å². The lowest BCUT2D eigenvalue weighted by molar-refractivity contribution is 0.428. The van der Waals surface area contributed by atoms with Gasteiger partial charge < -0.3 is 4.52 Å². The Morgan fingerprint density at radius 1 is 1.22 bits per heavy atom. The van der Waals surface area contributed by atoms with Crippen LogP contribution in [0.25, 0.3) is 10.6 Å². The minimum atomic E-state index is -3.73. The Kier molecular flexibility index (Phi) is 4.18. The van der Waals surface area contributed by atoms with Crippen molar-refractivity contribution in [1.29, 1.82) is 0 Å². The maximum Gasteiger partial charge on any atom is 0.263 e. The van der Waals surface area contributed by atoms with Crippen LogP contribution in [0.2, 0.25) is 5.02 Å². The summed E-state index contributed by atoms with van der Waals surface area (Å²) in [6.45, 7) is 3.56. The van der Waals surface area contributed by atoms with E-state index in [1.165, 1.54) is 11.3 Å². The van der Waals surface area contributed by atoms with Crippen LogP contribution in [0.15, 0.2) is 45.8 Å². The first-order valence-electron chi connectivity index (χ1n) is 6.68. The highest BCUT2D eigenvalue weighted by Gasteiger charge is 2.22. The van der Waals surface area contributed by atoms with Crippen molar-refractivity contribution in [2.75, 3.05) is 4.72 Å². The number of halogens is 1. The van der Waals surface area contributed by atoms with Gasteiger partial charge in [-0.05, 0) is 32.0 Å². The van der Waals surface area contributed by atoms with E-state index in [0.29, 0.717) is 26.2 Å². The molecule has 1 aromatic carbocycles. The van der Waals surface area contributed by atoms with Crippen LogP contribution >= 0.6 is 22.9 Å². The van der Waals surface area contributed by atoms with E-state index >= 15 is 0 Å². The van der Waals surface area contributed by atoms with Crippen LogP contribution in [0.5, 0.6) is 0 Å². The minimum Gasteiger partial charge on any atom is -0.355 e. The van der Waals surface area contributed by atoms with E-state index in [1.807, 2.05) is 6.92 Å². The lowest BCUT2D eigenvalue weighted by atomic mass is 10.3. The van der Waals surface area contributed by atoms with Gasteiger partial charge in [0.05, 0.1) is 21.3 Å². The second kappa shape index (κ2) is 5.99. The number of thiophene rings is 1.